The molecule has 0 aromatic heterocycles. The summed E-state index contributed by atoms with van der Waals surface area (Å²) >= 11 is 0. The first kappa shape index (κ1) is 26.4. The third kappa shape index (κ3) is 8.89. The third-order valence-corrected chi connectivity index (χ3v) is 6.47. The highest BCUT2D eigenvalue weighted by atomic mass is 16.5. The normalized spacial score (nSPS) is 20.2. The van der Waals surface area contributed by atoms with E-state index in [-0.39, 0.29) is 17.9 Å². The number of hydrogen-bond acceptors (Lipinski definition) is 6. The minimum Gasteiger partial charge on any atom is -0.497 e. The van der Waals surface area contributed by atoms with Gasteiger partial charge in [-0.2, -0.15) is 0 Å². The number of rotatable bonds is 10. The van der Waals surface area contributed by atoms with Crippen LogP contribution >= 0.6 is 0 Å². The van der Waals surface area contributed by atoms with Gasteiger partial charge in [0.15, 0.2) is 0 Å². The number of nitrogens with zero attached hydrogens (tertiary/aromatic N) is 3. The van der Waals surface area contributed by atoms with Crippen molar-refractivity contribution in [1.82, 2.24) is 20.0 Å². The molecule has 190 valence electrons. The first-order valence-electron chi connectivity index (χ1n) is 12.7. The van der Waals surface area contributed by atoms with Crippen molar-refractivity contribution in [2.45, 2.75) is 39.2 Å². The number of ether oxygens (including phenoxy) is 2. The highest BCUT2D eigenvalue weighted by molar-refractivity contribution is 5.78. The molecule has 0 aliphatic carbocycles. The fourth-order valence-electron chi connectivity index (χ4n) is 4.65. The van der Waals surface area contributed by atoms with Gasteiger partial charge in [0, 0.05) is 58.8 Å². The third-order valence-electron chi connectivity index (χ3n) is 6.47. The van der Waals surface area contributed by atoms with Gasteiger partial charge in [0.25, 0.3) is 0 Å². The van der Waals surface area contributed by atoms with Gasteiger partial charge in [0.05, 0.1) is 26.4 Å². The number of nitrogens with one attached hydrogen (secondary N) is 1. The summed E-state index contributed by atoms with van der Waals surface area (Å²) in [5.41, 5.74) is 1.14. The second-order valence-corrected chi connectivity index (χ2v) is 9.81. The molecule has 1 unspecified atom stereocenters. The van der Waals surface area contributed by atoms with Crippen molar-refractivity contribution in [2.75, 3.05) is 72.6 Å². The molecular formula is C26H42N4O4. The van der Waals surface area contributed by atoms with E-state index in [2.05, 4.69) is 29.0 Å². The Morgan fingerprint density at radius 1 is 1.09 bits per heavy atom. The molecule has 2 saturated heterocycles. The minimum atomic E-state index is 0.0314. The Kier molecular flexibility index (Phi) is 10.6. The van der Waals surface area contributed by atoms with E-state index in [0.717, 1.165) is 70.0 Å². The van der Waals surface area contributed by atoms with Gasteiger partial charge in [-0.1, -0.05) is 26.0 Å². The predicted molar refractivity (Wildman–Crippen MR) is 133 cm³/mol. The lowest BCUT2D eigenvalue weighted by Gasteiger charge is -2.34. The number of amides is 2. The zero-order chi connectivity index (χ0) is 24.3. The summed E-state index contributed by atoms with van der Waals surface area (Å²) in [7, 11) is 1.65. The zero-order valence-corrected chi connectivity index (χ0v) is 21.1. The van der Waals surface area contributed by atoms with Crippen LogP contribution in [0, 0.1) is 5.92 Å². The summed E-state index contributed by atoms with van der Waals surface area (Å²) in [5, 5.41) is 3.05. The van der Waals surface area contributed by atoms with E-state index in [0.29, 0.717) is 32.0 Å². The van der Waals surface area contributed by atoms with E-state index in [9.17, 15) is 9.59 Å². The Bertz CT molecular complexity index is 771. The molecular weight excluding hydrogens is 432 g/mol. The Hall–Kier alpha value is -2.16. The number of methoxy groups -OCH3 is 1. The minimum absolute atomic E-state index is 0.0314. The molecule has 2 aliphatic rings. The van der Waals surface area contributed by atoms with Crippen molar-refractivity contribution in [3.05, 3.63) is 29.8 Å². The summed E-state index contributed by atoms with van der Waals surface area (Å²) in [5.74, 6) is 1.67. The second-order valence-electron chi connectivity index (χ2n) is 9.81. The standard InChI is InChI=1S/C26H42N4O4/c1-21(2)18-29-15-16-34-24(19-29)17-27-25(31)20-28-11-4-12-30(14-13-28)26(32)10-7-22-5-8-23(33-3)9-6-22/h5-6,8-9,21,24H,4,7,10-20H2,1-3H3,(H,27,31). The number of hydrogen-bond donors (Lipinski definition) is 1. The maximum Gasteiger partial charge on any atom is 0.234 e. The Labute approximate surface area is 204 Å². The highest BCUT2D eigenvalue weighted by Crippen LogP contribution is 2.14. The zero-order valence-electron chi connectivity index (χ0n) is 21.1. The molecule has 34 heavy (non-hydrogen) atoms. The molecule has 0 saturated carbocycles. The van der Waals surface area contributed by atoms with Gasteiger partial charge in [-0.3, -0.25) is 19.4 Å². The topological polar surface area (TPSA) is 74.4 Å². The first-order valence-corrected chi connectivity index (χ1v) is 12.7. The highest BCUT2D eigenvalue weighted by Gasteiger charge is 2.23. The van der Waals surface area contributed by atoms with E-state index in [4.69, 9.17) is 9.47 Å². The van der Waals surface area contributed by atoms with Crippen LogP contribution in [0.2, 0.25) is 0 Å². The molecule has 1 aromatic carbocycles. The fraction of sp³-hybridized carbons (Fsp3) is 0.692. The number of benzene rings is 1. The number of carbonyl (C=O) groups is 2. The molecule has 1 aromatic rings. The van der Waals surface area contributed by atoms with Crippen LogP contribution in [0.25, 0.3) is 0 Å². The lowest BCUT2D eigenvalue weighted by atomic mass is 10.1. The quantitative estimate of drug-likeness (QED) is 0.556. The molecule has 2 amide bonds. The summed E-state index contributed by atoms with van der Waals surface area (Å²) in [6.45, 7) is 12.0. The van der Waals surface area contributed by atoms with Crippen molar-refractivity contribution in [2.24, 2.45) is 5.92 Å². The molecule has 8 nitrogen and oxygen atoms in total. The van der Waals surface area contributed by atoms with Crippen LogP contribution in [0.4, 0.5) is 0 Å². The van der Waals surface area contributed by atoms with Gasteiger partial charge in [-0.25, -0.2) is 0 Å². The molecule has 8 heteroatoms. The SMILES string of the molecule is COc1ccc(CCC(=O)N2CCCN(CC(=O)NCC3CN(CC(C)C)CCO3)CC2)cc1. The summed E-state index contributed by atoms with van der Waals surface area (Å²) in [4.78, 5) is 31.8. The molecule has 2 aliphatic heterocycles. The van der Waals surface area contributed by atoms with Crippen LogP contribution in [0.15, 0.2) is 24.3 Å². The lowest BCUT2D eigenvalue weighted by Crippen LogP contribution is -2.49. The van der Waals surface area contributed by atoms with Gasteiger partial charge in [0.1, 0.15) is 5.75 Å². The maximum absolute atomic E-state index is 12.7. The van der Waals surface area contributed by atoms with E-state index < -0.39 is 0 Å². The van der Waals surface area contributed by atoms with Crippen LogP contribution in [0.3, 0.4) is 0 Å². The number of carbonyl (C=O) groups excluding carboxylic acids is 2. The molecule has 2 fully saturated rings. The van der Waals surface area contributed by atoms with Gasteiger partial charge < -0.3 is 19.7 Å². The van der Waals surface area contributed by atoms with E-state index in [1.807, 2.05) is 29.2 Å². The molecule has 1 atom stereocenters. The summed E-state index contributed by atoms with van der Waals surface area (Å²) < 4.78 is 11.0. The second kappa shape index (κ2) is 13.7. The van der Waals surface area contributed by atoms with E-state index in [1.165, 1.54) is 0 Å². The van der Waals surface area contributed by atoms with Gasteiger partial charge in [0.2, 0.25) is 11.8 Å². The smallest absolute Gasteiger partial charge is 0.234 e. The van der Waals surface area contributed by atoms with Crippen LogP contribution < -0.4 is 10.1 Å². The van der Waals surface area contributed by atoms with Gasteiger partial charge >= 0.3 is 0 Å². The Morgan fingerprint density at radius 2 is 1.88 bits per heavy atom. The average molecular weight is 475 g/mol. The molecule has 0 radical (unpaired) electrons. The van der Waals surface area contributed by atoms with Crippen molar-refractivity contribution in [3.63, 3.8) is 0 Å². The van der Waals surface area contributed by atoms with Crippen LogP contribution in [0.1, 0.15) is 32.3 Å². The molecule has 3 rings (SSSR count). The average Bonchev–Trinajstić information content (AvgIpc) is 3.07. The van der Waals surface area contributed by atoms with Crippen LogP contribution in [0.5, 0.6) is 5.75 Å². The Morgan fingerprint density at radius 3 is 2.62 bits per heavy atom. The fourth-order valence-corrected chi connectivity index (χ4v) is 4.65. The van der Waals surface area contributed by atoms with E-state index >= 15 is 0 Å². The number of morpholine rings is 1. The maximum atomic E-state index is 12.7. The first-order chi connectivity index (χ1) is 16.4. The number of aryl methyl sites for hydroxylation is 1. The molecule has 0 spiro atoms. The van der Waals surface area contributed by atoms with E-state index in [1.54, 1.807) is 7.11 Å². The van der Waals surface area contributed by atoms with Crippen LogP contribution in [-0.4, -0.2) is 105 Å². The lowest BCUT2D eigenvalue weighted by molar-refractivity contribution is -0.131. The summed E-state index contributed by atoms with van der Waals surface area (Å²) in [6, 6.07) is 7.87. The van der Waals surface area contributed by atoms with Crippen molar-refractivity contribution >= 4 is 11.8 Å². The van der Waals surface area contributed by atoms with Gasteiger partial charge in [-0.05, 0) is 36.5 Å². The summed E-state index contributed by atoms with van der Waals surface area (Å²) in [6.07, 6.45) is 2.17. The molecule has 2 heterocycles. The predicted octanol–water partition coefficient (Wildman–Crippen LogP) is 1.64. The molecule has 0 bridgehead atoms. The monoisotopic (exact) mass is 474 g/mol. The van der Waals surface area contributed by atoms with Gasteiger partial charge in [-0.15, -0.1) is 0 Å². The largest absolute Gasteiger partial charge is 0.497 e. The van der Waals surface area contributed by atoms with Crippen molar-refractivity contribution in [1.29, 1.82) is 0 Å². The molecule has 1 N–H and O–H groups in total. The van der Waals surface area contributed by atoms with Crippen LogP contribution in [-0.2, 0) is 20.7 Å². The van der Waals surface area contributed by atoms with Crippen molar-refractivity contribution in [3.8, 4) is 5.75 Å². The van der Waals surface area contributed by atoms with Crippen molar-refractivity contribution < 1.29 is 19.1 Å². The Balaban J connectivity index is 1.34.